The monoisotopic (exact) mass is 644 g/mol. The summed E-state index contributed by atoms with van der Waals surface area (Å²) in [5, 5.41) is 26.9. The van der Waals surface area contributed by atoms with Gasteiger partial charge in [-0.25, -0.2) is 9.67 Å². The highest BCUT2D eigenvalue weighted by Gasteiger charge is 2.31. The van der Waals surface area contributed by atoms with Crippen molar-refractivity contribution in [2.75, 3.05) is 17.2 Å². The minimum absolute atomic E-state index is 0.00967. The lowest BCUT2D eigenvalue weighted by Crippen LogP contribution is -2.20. The van der Waals surface area contributed by atoms with Crippen LogP contribution in [0.25, 0.3) is 10.9 Å². The van der Waals surface area contributed by atoms with E-state index >= 15 is 0 Å². The largest absolute Gasteiger partial charge is 0.383 e. The van der Waals surface area contributed by atoms with Crippen LogP contribution >= 0.6 is 34.2 Å². The number of benzene rings is 1. The lowest BCUT2D eigenvalue weighted by molar-refractivity contribution is 0.443. The zero-order valence-corrected chi connectivity index (χ0v) is 24.4. The molecule has 38 heavy (non-hydrogen) atoms. The van der Waals surface area contributed by atoms with Gasteiger partial charge in [0.25, 0.3) is 0 Å². The van der Waals surface area contributed by atoms with Gasteiger partial charge < -0.3 is 10.6 Å². The van der Waals surface area contributed by atoms with Crippen LogP contribution in [0, 0.1) is 33.3 Å². The highest BCUT2D eigenvalue weighted by Crippen LogP contribution is 2.39. The molecule has 0 radical (unpaired) electrons. The molecule has 1 atom stereocenters. The van der Waals surface area contributed by atoms with E-state index in [0.717, 1.165) is 33.2 Å². The SMILES string of the molecule is Cc1nc(F)ccc1[C@H](Nc1cc(Cl)c2ncc(C#N)c(NCC(C)(C)C)c2c1)c1nnn(C2CC2)c1I. The van der Waals surface area contributed by atoms with E-state index in [0.29, 0.717) is 45.8 Å². The van der Waals surface area contributed by atoms with Crippen molar-refractivity contribution in [2.24, 2.45) is 5.41 Å². The molecule has 0 spiro atoms. The molecule has 0 aliphatic heterocycles. The van der Waals surface area contributed by atoms with Gasteiger partial charge in [0.2, 0.25) is 5.95 Å². The molecule has 5 rings (SSSR count). The second-order valence-corrected chi connectivity index (χ2v) is 12.2. The Morgan fingerprint density at radius 3 is 2.71 bits per heavy atom. The molecule has 3 heterocycles. The summed E-state index contributed by atoms with van der Waals surface area (Å²) >= 11 is 8.99. The number of aryl methyl sites for hydroxylation is 1. The Hall–Kier alpha value is -3.04. The fourth-order valence-corrected chi connectivity index (χ4v) is 5.48. The molecular weight excluding hydrogens is 618 g/mol. The molecule has 0 unspecified atom stereocenters. The lowest BCUT2D eigenvalue weighted by Gasteiger charge is -2.23. The molecule has 1 aliphatic carbocycles. The standard InChI is InChI=1S/C27H27ClFIN8/c1-14-18(7-8-21(29)34-14)24(25-26(30)38(37-36-25)17-5-6-17)35-16-9-19-22(33-13-27(2,3)4)15(11-31)12-32-23(19)20(28)10-16/h7-10,12,17,24,35H,5-6,13H2,1-4H3,(H,32,33)/t24-/m0/s1. The van der Waals surface area contributed by atoms with Crippen LogP contribution in [0.3, 0.4) is 0 Å². The van der Waals surface area contributed by atoms with Crippen molar-refractivity contribution in [2.45, 2.75) is 52.6 Å². The smallest absolute Gasteiger partial charge is 0.213 e. The Morgan fingerprint density at radius 2 is 2.05 bits per heavy atom. The van der Waals surface area contributed by atoms with Crippen LogP contribution in [0.1, 0.15) is 68.2 Å². The molecule has 3 aromatic heterocycles. The van der Waals surface area contributed by atoms with Gasteiger partial charge in [0.15, 0.2) is 0 Å². The molecule has 1 fully saturated rings. The van der Waals surface area contributed by atoms with E-state index in [4.69, 9.17) is 11.6 Å². The van der Waals surface area contributed by atoms with Gasteiger partial charge in [0, 0.05) is 35.1 Å². The third-order valence-electron chi connectivity index (χ3n) is 6.38. The fraction of sp³-hybridized carbons (Fsp3) is 0.370. The molecule has 8 nitrogen and oxygen atoms in total. The normalized spacial score (nSPS) is 14.4. The number of aromatic nitrogens is 5. The fourth-order valence-electron chi connectivity index (χ4n) is 4.30. The van der Waals surface area contributed by atoms with Gasteiger partial charge >= 0.3 is 0 Å². The lowest BCUT2D eigenvalue weighted by atomic mass is 9.96. The van der Waals surface area contributed by atoms with Crippen LogP contribution in [0.2, 0.25) is 5.02 Å². The second-order valence-electron chi connectivity index (χ2n) is 10.8. The molecule has 1 aromatic carbocycles. The molecule has 1 saturated carbocycles. The van der Waals surface area contributed by atoms with E-state index in [1.54, 1.807) is 25.3 Å². The summed E-state index contributed by atoms with van der Waals surface area (Å²) < 4.78 is 16.8. The van der Waals surface area contributed by atoms with Crippen molar-refractivity contribution >= 4 is 56.5 Å². The second kappa shape index (κ2) is 10.3. The maximum absolute atomic E-state index is 13.9. The first-order valence-electron chi connectivity index (χ1n) is 12.3. The Morgan fingerprint density at radius 1 is 1.29 bits per heavy atom. The predicted molar refractivity (Wildman–Crippen MR) is 155 cm³/mol. The molecule has 0 amide bonds. The summed E-state index contributed by atoms with van der Waals surface area (Å²) in [7, 11) is 0. The first-order chi connectivity index (χ1) is 18.1. The third-order valence-corrected chi connectivity index (χ3v) is 7.72. The van der Waals surface area contributed by atoms with Crippen molar-refractivity contribution in [3.8, 4) is 6.07 Å². The third kappa shape index (κ3) is 5.40. The van der Waals surface area contributed by atoms with Crippen LogP contribution in [0.15, 0.2) is 30.5 Å². The first-order valence-corrected chi connectivity index (χ1v) is 13.8. The summed E-state index contributed by atoms with van der Waals surface area (Å²) in [6.45, 7) is 8.79. The molecule has 0 saturated heterocycles. The quantitative estimate of drug-likeness (QED) is 0.169. The van der Waals surface area contributed by atoms with Crippen molar-refractivity contribution in [3.05, 3.63) is 67.6 Å². The van der Waals surface area contributed by atoms with Crippen LogP contribution in [0.5, 0.6) is 0 Å². The molecule has 196 valence electrons. The van der Waals surface area contributed by atoms with Gasteiger partial charge in [-0.15, -0.1) is 5.10 Å². The number of nitrogens with zero attached hydrogens (tertiary/aromatic N) is 6. The van der Waals surface area contributed by atoms with Gasteiger partial charge in [0.1, 0.15) is 21.5 Å². The van der Waals surface area contributed by atoms with Crippen LogP contribution < -0.4 is 10.6 Å². The van der Waals surface area contributed by atoms with E-state index in [1.807, 2.05) is 10.7 Å². The molecule has 4 aromatic rings. The Balaban J connectivity index is 1.62. The van der Waals surface area contributed by atoms with Gasteiger partial charge in [-0.05, 0) is 66.0 Å². The Bertz CT molecular complexity index is 1570. The topological polar surface area (TPSA) is 104 Å². The summed E-state index contributed by atoms with van der Waals surface area (Å²) in [5.74, 6) is -0.542. The number of halogens is 3. The first kappa shape index (κ1) is 26.6. The van der Waals surface area contributed by atoms with Gasteiger partial charge in [-0.2, -0.15) is 9.65 Å². The minimum atomic E-state index is -0.542. The van der Waals surface area contributed by atoms with Crippen LogP contribution in [-0.4, -0.2) is 31.5 Å². The van der Waals surface area contributed by atoms with E-state index in [-0.39, 0.29) is 5.41 Å². The van der Waals surface area contributed by atoms with Gasteiger partial charge in [-0.1, -0.05) is 43.7 Å². The number of anilines is 2. The maximum atomic E-state index is 13.9. The maximum Gasteiger partial charge on any atom is 0.213 e. The highest BCUT2D eigenvalue weighted by molar-refractivity contribution is 14.1. The van der Waals surface area contributed by atoms with Crippen molar-refractivity contribution < 1.29 is 4.39 Å². The van der Waals surface area contributed by atoms with Gasteiger partial charge in [-0.3, -0.25) is 4.98 Å². The van der Waals surface area contributed by atoms with Crippen LogP contribution in [-0.2, 0) is 0 Å². The summed E-state index contributed by atoms with van der Waals surface area (Å²) in [6.07, 6.45) is 3.70. The zero-order valence-electron chi connectivity index (χ0n) is 21.5. The molecule has 0 bridgehead atoms. The number of hydrogen-bond acceptors (Lipinski definition) is 7. The zero-order chi connectivity index (χ0) is 27.2. The molecule has 2 N–H and O–H groups in total. The van der Waals surface area contributed by atoms with Crippen molar-refractivity contribution in [1.29, 1.82) is 5.26 Å². The van der Waals surface area contributed by atoms with E-state index in [9.17, 15) is 9.65 Å². The van der Waals surface area contributed by atoms with E-state index < -0.39 is 12.0 Å². The number of hydrogen-bond donors (Lipinski definition) is 2. The Labute approximate surface area is 239 Å². The summed E-state index contributed by atoms with van der Waals surface area (Å²) in [5.41, 5.74) is 4.45. The average molecular weight is 645 g/mol. The number of nitriles is 1. The number of rotatable bonds is 7. The molecule has 1 aliphatic rings. The van der Waals surface area contributed by atoms with E-state index in [1.165, 1.54) is 6.07 Å². The molecule has 11 heteroatoms. The average Bonchev–Trinajstić information content (AvgIpc) is 3.62. The number of nitrogens with one attached hydrogen (secondary N) is 2. The van der Waals surface area contributed by atoms with Crippen molar-refractivity contribution in [1.82, 2.24) is 25.0 Å². The highest BCUT2D eigenvalue weighted by atomic mass is 127. The van der Waals surface area contributed by atoms with Crippen LogP contribution in [0.4, 0.5) is 15.8 Å². The summed E-state index contributed by atoms with van der Waals surface area (Å²) in [6, 6.07) is 8.93. The predicted octanol–water partition coefficient (Wildman–Crippen LogP) is 6.79. The number of fused-ring (bicyclic) bond motifs is 1. The van der Waals surface area contributed by atoms with E-state index in [2.05, 4.69) is 80.3 Å². The summed E-state index contributed by atoms with van der Waals surface area (Å²) in [4.78, 5) is 8.51. The Kier molecular flexibility index (Phi) is 7.17. The molecular formula is C27H27ClFIN8. The van der Waals surface area contributed by atoms with Gasteiger partial charge in [0.05, 0.1) is 27.8 Å². The van der Waals surface area contributed by atoms with Crippen molar-refractivity contribution in [3.63, 3.8) is 0 Å². The number of pyridine rings is 2. The minimum Gasteiger partial charge on any atom is -0.383 e.